The van der Waals surface area contributed by atoms with Crippen molar-refractivity contribution in [3.8, 4) is 0 Å². The molecule has 0 spiro atoms. The fourth-order valence-electron chi connectivity index (χ4n) is 2.06. The summed E-state index contributed by atoms with van der Waals surface area (Å²) in [4.78, 5) is 9.04. The molecular weight excluding hydrogens is 371 g/mol. The molecule has 0 radical (unpaired) electrons. The van der Waals surface area contributed by atoms with Crippen molar-refractivity contribution in [1.29, 1.82) is 0 Å². The van der Waals surface area contributed by atoms with E-state index in [2.05, 4.69) is 46.4 Å². The number of hydrogen-bond donors (Lipinski definition) is 1. The molecule has 1 heterocycles. The number of ether oxygens (including phenoxy) is 2. The summed E-state index contributed by atoms with van der Waals surface area (Å²) >= 11 is 2.16. The fraction of sp³-hybridized carbons (Fsp3) is 0.714. The highest BCUT2D eigenvalue weighted by Gasteiger charge is 2.34. The number of allylic oxidation sites excluding steroid dienone is 1. The van der Waals surface area contributed by atoms with Gasteiger partial charge in [0.2, 0.25) is 11.8 Å². The number of halogens is 1. The molecule has 1 rings (SSSR count). The Labute approximate surface area is 134 Å². The monoisotopic (exact) mass is 394 g/mol. The second kappa shape index (κ2) is 8.61. The lowest BCUT2D eigenvalue weighted by Crippen LogP contribution is -2.42. The van der Waals surface area contributed by atoms with Crippen molar-refractivity contribution in [2.45, 2.75) is 44.9 Å². The number of aliphatic hydroxyl groups is 1. The molecule has 3 atom stereocenters. The molecule has 0 aromatic carbocycles. The van der Waals surface area contributed by atoms with Crippen molar-refractivity contribution >= 4 is 34.4 Å². The van der Waals surface area contributed by atoms with Gasteiger partial charge in [-0.2, -0.15) is 0 Å². The fourth-order valence-corrected chi connectivity index (χ4v) is 2.42. The molecule has 0 saturated carbocycles. The van der Waals surface area contributed by atoms with E-state index in [1.807, 2.05) is 10.2 Å². The third kappa shape index (κ3) is 4.44. The Balaban J connectivity index is 2.88. The van der Waals surface area contributed by atoms with Crippen molar-refractivity contribution in [1.82, 2.24) is 0 Å². The van der Waals surface area contributed by atoms with E-state index in [0.29, 0.717) is 18.2 Å². The zero-order chi connectivity index (χ0) is 15.1. The summed E-state index contributed by atoms with van der Waals surface area (Å²) in [5.74, 6) is 1.31. The third-order valence-corrected chi connectivity index (χ3v) is 3.68. The molecule has 114 valence electrons. The van der Waals surface area contributed by atoms with Gasteiger partial charge < -0.3 is 14.6 Å². The number of aliphatic hydroxyl groups excluding tert-OH is 1. The number of rotatable bonds is 5. The van der Waals surface area contributed by atoms with E-state index in [-0.39, 0.29) is 12.0 Å². The zero-order valence-corrected chi connectivity index (χ0v) is 14.6. The maximum absolute atomic E-state index is 10.3. The lowest BCUT2D eigenvalue weighted by molar-refractivity contribution is 0.145. The van der Waals surface area contributed by atoms with Crippen LogP contribution in [0.1, 0.15) is 26.7 Å². The van der Waals surface area contributed by atoms with Gasteiger partial charge >= 0.3 is 0 Å². The van der Waals surface area contributed by atoms with Crippen LogP contribution < -0.4 is 0 Å². The van der Waals surface area contributed by atoms with Crippen LogP contribution in [-0.2, 0) is 9.47 Å². The van der Waals surface area contributed by atoms with Crippen molar-refractivity contribution < 1.29 is 14.6 Å². The molecule has 0 amide bonds. The predicted molar refractivity (Wildman–Crippen MR) is 89.7 cm³/mol. The topological polar surface area (TPSA) is 63.4 Å². The van der Waals surface area contributed by atoms with Crippen molar-refractivity contribution in [2.24, 2.45) is 15.9 Å². The number of aliphatic imine (C=N–C) groups is 2. The van der Waals surface area contributed by atoms with E-state index in [1.165, 1.54) is 0 Å². The summed E-state index contributed by atoms with van der Waals surface area (Å²) < 4.78 is 12.6. The summed E-state index contributed by atoms with van der Waals surface area (Å²) in [6, 6.07) is -0.625. The van der Waals surface area contributed by atoms with Gasteiger partial charge in [-0.25, -0.2) is 9.98 Å². The summed E-state index contributed by atoms with van der Waals surface area (Å²) in [6.45, 7) is 4.11. The largest absolute Gasteiger partial charge is 0.483 e. The summed E-state index contributed by atoms with van der Waals surface area (Å²) in [5.41, 5.74) is 0. The van der Waals surface area contributed by atoms with E-state index >= 15 is 0 Å². The van der Waals surface area contributed by atoms with Gasteiger partial charge in [0, 0.05) is 0 Å². The van der Waals surface area contributed by atoms with Crippen LogP contribution in [-0.4, -0.2) is 49.3 Å². The molecule has 0 aromatic rings. The van der Waals surface area contributed by atoms with Crippen LogP contribution in [0.15, 0.2) is 20.1 Å². The molecule has 0 saturated heterocycles. The van der Waals surface area contributed by atoms with E-state index in [4.69, 9.17) is 9.47 Å². The normalized spacial score (nSPS) is 24.6. The molecule has 0 fully saturated rings. The second-order valence-electron chi connectivity index (χ2n) is 4.98. The molecular formula is C14H23IN2O3. The highest BCUT2D eigenvalue weighted by Crippen LogP contribution is 2.20. The first kappa shape index (κ1) is 17.4. The summed E-state index contributed by atoms with van der Waals surface area (Å²) in [7, 11) is 3.15. The van der Waals surface area contributed by atoms with Gasteiger partial charge in [0.15, 0.2) is 6.04 Å². The standard InChI is InChI=1S/C14H23IN2O3/c1-9(2)11-13(19-3)17-12(14(16-11)20-4)10(18)7-5-6-8-15/h6,8-12,18H,5,7H2,1-4H3/t10?,11-,12+/m1/s1. The van der Waals surface area contributed by atoms with Gasteiger partial charge in [-0.05, 0) is 22.8 Å². The van der Waals surface area contributed by atoms with E-state index < -0.39 is 12.1 Å². The molecule has 1 unspecified atom stereocenters. The van der Waals surface area contributed by atoms with Crippen LogP contribution in [0.4, 0.5) is 0 Å². The van der Waals surface area contributed by atoms with E-state index in [9.17, 15) is 5.11 Å². The highest BCUT2D eigenvalue weighted by atomic mass is 127. The molecule has 0 aliphatic carbocycles. The van der Waals surface area contributed by atoms with Crippen molar-refractivity contribution in [2.75, 3.05) is 14.2 Å². The third-order valence-electron chi connectivity index (χ3n) is 3.17. The average Bonchev–Trinajstić information content (AvgIpc) is 2.45. The van der Waals surface area contributed by atoms with Gasteiger partial charge in [0.05, 0.1) is 20.3 Å². The minimum atomic E-state index is -0.625. The summed E-state index contributed by atoms with van der Waals surface area (Å²) in [5, 5.41) is 10.3. The molecule has 1 N–H and O–H groups in total. The molecule has 0 aromatic heterocycles. The molecule has 5 nitrogen and oxygen atoms in total. The van der Waals surface area contributed by atoms with Gasteiger partial charge in [0.1, 0.15) is 6.04 Å². The molecule has 0 bridgehead atoms. The van der Waals surface area contributed by atoms with Crippen LogP contribution >= 0.6 is 22.6 Å². The smallest absolute Gasteiger partial charge is 0.212 e. The first-order valence-corrected chi connectivity index (χ1v) is 7.96. The van der Waals surface area contributed by atoms with E-state index in [0.717, 1.165) is 6.42 Å². The Kier molecular flexibility index (Phi) is 7.50. The van der Waals surface area contributed by atoms with Gasteiger partial charge in [-0.1, -0.05) is 42.5 Å². The lowest BCUT2D eigenvalue weighted by atomic mass is 10.00. The number of nitrogens with zero attached hydrogens (tertiary/aromatic N) is 2. The maximum Gasteiger partial charge on any atom is 0.212 e. The minimum absolute atomic E-state index is 0.146. The van der Waals surface area contributed by atoms with Gasteiger partial charge in [-0.15, -0.1) is 0 Å². The first-order valence-electron chi connectivity index (χ1n) is 6.71. The van der Waals surface area contributed by atoms with Crippen molar-refractivity contribution in [3.05, 3.63) is 10.2 Å². The predicted octanol–water partition coefficient (Wildman–Crippen LogP) is 2.57. The molecule has 6 heteroatoms. The molecule has 1 aliphatic rings. The Morgan fingerprint density at radius 2 is 1.75 bits per heavy atom. The highest BCUT2D eigenvalue weighted by molar-refractivity contribution is 14.1. The van der Waals surface area contributed by atoms with Crippen LogP contribution in [0.3, 0.4) is 0 Å². The first-order chi connectivity index (χ1) is 9.54. The quantitative estimate of drug-likeness (QED) is 0.730. The van der Waals surface area contributed by atoms with Crippen LogP contribution in [0.5, 0.6) is 0 Å². The Morgan fingerprint density at radius 1 is 1.20 bits per heavy atom. The van der Waals surface area contributed by atoms with E-state index in [1.54, 1.807) is 14.2 Å². The molecule has 20 heavy (non-hydrogen) atoms. The van der Waals surface area contributed by atoms with Crippen molar-refractivity contribution in [3.63, 3.8) is 0 Å². The Hall–Kier alpha value is -0.630. The van der Waals surface area contributed by atoms with Crippen LogP contribution in [0.2, 0.25) is 0 Å². The summed E-state index contributed by atoms with van der Waals surface area (Å²) in [6.07, 6.45) is 2.79. The van der Waals surface area contributed by atoms with Gasteiger partial charge in [0.25, 0.3) is 0 Å². The SMILES string of the molecule is COC1=N[C@H](C(C)C)C(OC)=N[C@H]1C(O)CCC=CI. The number of hydrogen-bond acceptors (Lipinski definition) is 5. The maximum atomic E-state index is 10.3. The van der Waals surface area contributed by atoms with Gasteiger partial charge in [-0.3, -0.25) is 0 Å². The Morgan fingerprint density at radius 3 is 2.25 bits per heavy atom. The number of methoxy groups -OCH3 is 2. The average molecular weight is 394 g/mol. The second-order valence-corrected chi connectivity index (χ2v) is 5.70. The Bertz CT molecular complexity index is 394. The van der Waals surface area contributed by atoms with Crippen LogP contribution in [0.25, 0.3) is 0 Å². The minimum Gasteiger partial charge on any atom is -0.483 e. The zero-order valence-electron chi connectivity index (χ0n) is 12.4. The lowest BCUT2D eigenvalue weighted by Gasteiger charge is -2.29. The van der Waals surface area contributed by atoms with Crippen LogP contribution in [0, 0.1) is 5.92 Å². The molecule has 1 aliphatic heterocycles.